The van der Waals surface area contributed by atoms with Gasteiger partial charge in [0.1, 0.15) is 5.82 Å². The summed E-state index contributed by atoms with van der Waals surface area (Å²) in [6.45, 7) is 5.57. The molecule has 8 heteroatoms. The number of benzene rings is 1. The first-order chi connectivity index (χ1) is 9.92. The molecule has 0 aliphatic carbocycles. The molecule has 0 heterocycles. The van der Waals surface area contributed by atoms with Gasteiger partial charge in [-0.1, -0.05) is 35.7 Å². The number of halogens is 5. The molecule has 126 valence electrons. The van der Waals surface area contributed by atoms with Gasteiger partial charge in [0.2, 0.25) is 0 Å². The summed E-state index contributed by atoms with van der Waals surface area (Å²) >= 11 is 6.85. The lowest BCUT2D eigenvalue weighted by Gasteiger charge is -2.27. The molecule has 2 nitrogen and oxygen atoms in total. The predicted molar refractivity (Wildman–Crippen MR) is 81.3 cm³/mol. The van der Waals surface area contributed by atoms with Gasteiger partial charge in [-0.2, -0.15) is 13.2 Å². The molecule has 0 aliphatic rings. The van der Waals surface area contributed by atoms with Gasteiger partial charge in [-0.05, 0) is 26.8 Å². The van der Waals surface area contributed by atoms with E-state index in [1.807, 2.05) is 20.8 Å². The molecule has 0 aliphatic heterocycles. The van der Waals surface area contributed by atoms with Crippen molar-refractivity contribution in [3.63, 3.8) is 0 Å². The third-order valence-corrected chi connectivity index (χ3v) is 4.01. The monoisotopic (exact) mass is 359 g/mol. The predicted octanol–water partition coefficient (Wildman–Crippen LogP) is 4.87. The number of nitrogens with one attached hydrogen (secondary N) is 1. The van der Waals surface area contributed by atoms with Crippen LogP contribution in [0.5, 0.6) is 0 Å². The van der Waals surface area contributed by atoms with Crippen molar-refractivity contribution >= 4 is 23.5 Å². The average Bonchev–Trinajstić information content (AvgIpc) is 2.35. The van der Waals surface area contributed by atoms with Crippen LogP contribution in [0.1, 0.15) is 38.8 Å². The summed E-state index contributed by atoms with van der Waals surface area (Å²) in [5, 5.41) is 9.10. The minimum atomic E-state index is -4.76. The topological polar surface area (TPSA) is 32.3 Å². The zero-order chi connectivity index (χ0) is 17.1. The van der Waals surface area contributed by atoms with Gasteiger partial charge in [-0.3, -0.25) is 4.72 Å². The first-order valence-electron chi connectivity index (χ1n) is 6.54. The van der Waals surface area contributed by atoms with Crippen molar-refractivity contribution in [3.8, 4) is 0 Å². The fraction of sp³-hybridized carbons (Fsp3) is 0.571. The smallest absolute Gasteiger partial charge is 0.384 e. The SMILES string of the molecule is CC(C)(C)SNC(CC(O)C(F)(F)F)c1cccc(Cl)c1F. The molecule has 1 rings (SSSR count). The number of rotatable bonds is 5. The molecule has 0 amide bonds. The van der Waals surface area contributed by atoms with Crippen LogP contribution in [0.4, 0.5) is 17.6 Å². The largest absolute Gasteiger partial charge is 0.414 e. The Morgan fingerprint density at radius 3 is 2.36 bits per heavy atom. The molecule has 0 spiro atoms. The summed E-state index contributed by atoms with van der Waals surface area (Å²) in [5.41, 5.74) is -0.00690. The van der Waals surface area contributed by atoms with Gasteiger partial charge in [0.15, 0.2) is 6.10 Å². The molecule has 0 saturated carbocycles. The first kappa shape index (κ1) is 19.5. The van der Waals surface area contributed by atoms with Gasteiger partial charge in [-0.25, -0.2) is 4.39 Å². The van der Waals surface area contributed by atoms with Crippen LogP contribution in [0.3, 0.4) is 0 Å². The van der Waals surface area contributed by atoms with Crippen molar-refractivity contribution in [3.05, 3.63) is 34.6 Å². The molecule has 0 saturated heterocycles. The Labute approximate surface area is 136 Å². The summed E-state index contributed by atoms with van der Waals surface area (Å²) < 4.78 is 54.3. The highest BCUT2D eigenvalue weighted by Crippen LogP contribution is 2.34. The fourth-order valence-electron chi connectivity index (χ4n) is 1.63. The number of hydrogen-bond donors (Lipinski definition) is 2. The summed E-state index contributed by atoms with van der Waals surface area (Å²) in [6, 6.07) is 3.09. The van der Waals surface area contributed by atoms with E-state index in [1.54, 1.807) is 0 Å². The van der Waals surface area contributed by atoms with Crippen molar-refractivity contribution in [2.75, 3.05) is 0 Å². The van der Waals surface area contributed by atoms with Gasteiger partial charge in [0, 0.05) is 22.8 Å². The lowest BCUT2D eigenvalue weighted by atomic mass is 10.0. The molecule has 2 atom stereocenters. The Morgan fingerprint density at radius 2 is 1.86 bits per heavy atom. The average molecular weight is 360 g/mol. The lowest BCUT2D eigenvalue weighted by Crippen LogP contribution is -2.34. The van der Waals surface area contributed by atoms with E-state index in [9.17, 15) is 22.7 Å². The van der Waals surface area contributed by atoms with E-state index >= 15 is 0 Å². The van der Waals surface area contributed by atoms with E-state index in [-0.39, 0.29) is 15.3 Å². The second-order valence-electron chi connectivity index (χ2n) is 5.82. The third kappa shape index (κ3) is 5.95. The summed E-state index contributed by atoms with van der Waals surface area (Å²) in [5.74, 6) is -0.787. The third-order valence-electron chi connectivity index (χ3n) is 2.70. The van der Waals surface area contributed by atoms with Crippen LogP contribution in [0.15, 0.2) is 18.2 Å². The first-order valence-corrected chi connectivity index (χ1v) is 7.73. The molecule has 0 aromatic heterocycles. The van der Waals surface area contributed by atoms with Crippen molar-refractivity contribution in [2.24, 2.45) is 0 Å². The number of alkyl halides is 3. The van der Waals surface area contributed by atoms with Gasteiger partial charge < -0.3 is 5.11 Å². The summed E-state index contributed by atoms with van der Waals surface area (Å²) in [4.78, 5) is 0. The fourth-order valence-corrected chi connectivity index (χ4v) is 2.53. The molecular weight excluding hydrogens is 342 g/mol. The standard InChI is InChI=1S/C14H18ClF4NOS/c1-13(2,3)22-20-10(7-11(21)14(17,18)19)8-5-4-6-9(15)12(8)16/h4-6,10-11,20-21H,7H2,1-3H3. The Hall–Kier alpha value is -0.500. The van der Waals surface area contributed by atoms with E-state index in [0.29, 0.717) is 0 Å². The van der Waals surface area contributed by atoms with E-state index in [2.05, 4.69) is 4.72 Å². The van der Waals surface area contributed by atoms with E-state index < -0.39 is 30.6 Å². The zero-order valence-electron chi connectivity index (χ0n) is 12.3. The molecule has 2 unspecified atom stereocenters. The van der Waals surface area contributed by atoms with Crippen LogP contribution in [0.25, 0.3) is 0 Å². The zero-order valence-corrected chi connectivity index (χ0v) is 13.9. The summed E-state index contributed by atoms with van der Waals surface area (Å²) in [6.07, 6.45) is -8.02. The quantitative estimate of drug-likeness (QED) is 0.581. The summed E-state index contributed by atoms with van der Waals surface area (Å²) in [7, 11) is 0. The van der Waals surface area contributed by atoms with Crippen molar-refractivity contribution in [2.45, 2.75) is 50.3 Å². The number of aliphatic hydroxyl groups excluding tert-OH is 1. The van der Waals surface area contributed by atoms with Gasteiger partial charge in [0.05, 0.1) is 5.02 Å². The van der Waals surface area contributed by atoms with Crippen LogP contribution >= 0.6 is 23.5 Å². The highest BCUT2D eigenvalue weighted by atomic mass is 35.5. The van der Waals surface area contributed by atoms with Crippen LogP contribution < -0.4 is 4.72 Å². The lowest BCUT2D eigenvalue weighted by molar-refractivity contribution is -0.206. The van der Waals surface area contributed by atoms with Crippen LogP contribution in [0, 0.1) is 5.82 Å². The maximum absolute atomic E-state index is 14.1. The van der Waals surface area contributed by atoms with Crippen LogP contribution in [-0.4, -0.2) is 22.1 Å². The van der Waals surface area contributed by atoms with Crippen molar-refractivity contribution in [1.82, 2.24) is 4.72 Å². The van der Waals surface area contributed by atoms with E-state index in [1.165, 1.54) is 30.1 Å². The molecule has 22 heavy (non-hydrogen) atoms. The second-order valence-corrected chi connectivity index (χ2v) is 7.89. The maximum atomic E-state index is 14.1. The molecule has 0 bridgehead atoms. The van der Waals surface area contributed by atoms with E-state index in [4.69, 9.17) is 11.6 Å². The highest BCUT2D eigenvalue weighted by molar-refractivity contribution is 7.98. The Balaban J connectivity index is 3.03. The van der Waals surface area contributed by atoms with Gasteiger partial charge >= 0.3 is 6.18 Å². The Kier molecular flexibility index (Phi) is 6.56. The number of aliphatic hydroxyl groups is 1. The highest BCUT2D eigenvalue weighted by Gasteiger charge is 2.40. The van der Waals surface area contributed by atoms with Crippen molar-refractivity contribution < 1.29 is 22.7 Å². The normalized spacial score (nSPS) is 15.7. The van der Waals surface area contributed by atoms with Crippen LogP contribution in [0.2, 0.25) is 5.02 Å². The van der Waals surface area contributed by atoms with Crippen molar-refractivity contribution in [1.29, 1.82) is 0 Å². The Bertz CT molecular complexity index is 505. The maximum Gasteiger partial charge on any atom is 0.414 e. The minimum absolute atomic E-state index is 0.00690. The second kappa shape index (κ2) is 7.38. The molecule has 2 N–H and O–H groups in total. The molecule has 1 aromatic carbocycles. The molecule has 1 aromatic rings. The Morgan fingerprint density at radius 1 is 1.27 bits per heavy atom. The molecule has 0 fully saturated rings. The minimum Gasteiger partial charge on any atom is -0.384 e. The number of hydrogen-bond acceptors (Lipinski definition) is 3. The van der Waals surface area contributed by atoms with Crippen LogP contribution in [-0.2, 0) is 0 Å². The molecule has 0 radical (unpaired) electrons. The van der Waals surface area contributed by atoms with Gasteiger partial charge in [0.25, 0.3) is 0 Å². The molecular formula is C14H18ClF4NOS. The van der Waals surface area contributed by atoms with Gasteiger partial charge in [-0.15, -0.1) is 0 Å². The van der Waals surface area contributed by atoms with E-state index in [0.717, 1.165) is 0 Å².